The Bertz CT molecular complexity index is 605. The first-order chi connectivity index (χ1) is 13.2. The summed E-state index contributed by atoms with van der Waals surface area (Å²) in [6.45, 7) is 24.2. The maximum Gasteiger partial charge on any atom is 0.467 e. The second-order valence-electron chi connectivity index (χ2n) is 9.15. The van der Waals surface area contributed by atoms with Crippen LogP contribution in [0.5, 0.6) is 0 Å². The first-order valence-electron chi connectivity index (χ1n) is 10.7. The van der Waals surface area contributed by atoms with Crippen LogP contribution in [0.3, 0.4) is 0 Å². The lowest BCUT2D eigenvalue weighted by Crippen LogP contribution is -2.70. The van der Waals surface area contributed by atoms with Crippen LogP contribution >= 0.6 is 0 Å². The molecule has 0 amide bonds. The van der Waals surface area contributed by atoms with Gasteiger partial charge in [0.1, 0.15) is 0 Å². The van der Waals surface area contributed by atoms with Gasteiger partial charge in [0, 0.05) is 6.55 Å². The summed E-state index contributed by atoms with van der Waals surface area (Å²) in [6.07, 6.45) is 0. The normalized spacial score (nSPS) is 15.6. The number of hydrogen-bond acceptors (Lipinski definition) is 5. The fraction of sp³-hybridized carbons (Fsp3) is 0.647. The molecule has 0 radical (unpaired) electrons. The van der Waals surface area contributed by atoms with Gasteiger partial charge in [0.05, 0.1) is 8.31 Å². The molecule has 1 aromatic carbocycles. The van der Waals surface area contributed by atoms with Crippen LogP contribution in [0.15, 0.2) is 30.3 Å². The van der Waals surface area contributed by atoms with Gasteiger partial charge in [-0.25, -0.2) is 0 Å². The van der Waals surface area contributed by atoms with Crippen LogP contribution in [-0.4, -0.2) is 60.9 Å². The molecule has 0 saturated heterocycles. The minimum absolute atomic E-state index is 1.24. The summed E-state index contributed by atoms with van der Waals surface area (Å²) >= 11 is 0. The molecule has 1 aromatic rings. The topological polar surface area (TPSA) is 46.2 Å². The molecule has 29 heavy (non-hydrogen) atoms. The van der Waals surface area contributed by atoms with Crippen LogP contribution in [0, 0.1) is 0 Å². The maximum absolute atomic E-state index is 7.08. The van der Waals surface area contributed by atoms with Crippen molar-refractivity contribution >= 4 is 66.1 Å². The standard InChI is InChI=1S/C17H42O5Si7/c1-23(2)18-28(11,19-24(3)4)21-27(9,10)22-29(26(7)8,20-25(5)6)17-15-13-12-14-16-17/h12-16,23-26H,1-11H3. The highest BCUT2D eigenvalue weighted by molar-refractivity contribution is 7.34. The summed E-state index contributed by atoms with van der Waals surface area (Å²) in [6, 6.07) is 10.6. The highest BCUT2D eigenvalue weighted by atomic mass is 29.3. The summed E-state index contributed by atoms with van der Waals surface area (Å²) in [5.74, 6) is 0. The van der Waals surface area contributed by atoms with Crippen molar-refractivity contribution in [3.8, 4) is 0 Å². The van der Waals surface area contributed by atoms with Gasteiger partial charge in [-0.05, 0) is 57.6 Å². The smallest absolute Gasteiger partial charge is 0.439 e. The van der Waals surface area contributed by atoms with Crippen molar-refractivity contribution in [2.75, 3.05) is 0 Å². The van der Waals surface area contributed by atoms with E-state index in [0.717, 1.165) is 0 Å². The van der Waals surface area contributed by atoms with Gasteiger partial charge >= 0.3 is 25.4 Å². The zero-order valence-electron chi connectivity index (χ0n) is 20.2. The molecule has 0 spiro atoms. The molecule has 0 bridgehead atoms. The second kappa shape index (κ2) is 11.4. The number of hydrogen-bond donors (Lipinski definition) is 0. The van der Waals surface area contributed by atoms with Crippen LogP contribution in [-0.2, 0) is 20.6 Å². The highest BCUT2D eigenvalue weighted by Crippen LogP contribution is 2.26. The van der Waals surface area contributed by atoms with E-state index in [0.29, 0.717) is 0 Å². The van der Waals surface area contributed by atoms with E-state index < -0.39 is 60.9 Å². The van der Waals surface area contributed by atoms with Gasteiger partial charge in [-0.3, -0.25) is 0 Å². The van der Waals surface area contributed by atoms with E-state index in [1.165, 1.54) is 5.19 Å². The molecule has 1 atom stereocenters. The predicted molar refractivity (Wildman–Crippen MR) is 142 cm³/mol. The lowest BCUT2D eigenvalue weighted by molar-refractivity contribution is 0.238. The van der Waals surface area contributed by atoms with E-state index in [1.807, 2.05) is 0 Å². The lowest BCUT2D eigenvalue weighted by Gasteiger charge is -2.44. The van der Waals surface area contributed by atoms with Crippen molar-refractivity contribution in [2.24, 2.45) is 0 Å². The summed E-state index contributed by atoms with van der Waals surface area (Å²) in [5, 5.41) is 1.24. The minimum atomic E-state index is -2.73. The van der Waals surface area contributed by atoms with Gasteiger partial charge in [0.15, 0.2) is 27.1 Å². The third kappa shape index (κ3) is 8.89. The van der Waals surface area contributed by atoms with Gasteiger partial charge < -0.3 is 20.6 Å². The molecule has 0 heterocycles. The predicted octanol–water partition coefficient (Wildman–Crippen LogP) is 3.20. The molecule has 12 heteroatoms. The number of rotatable bonds is 12. The largest absolute Gasteiger partial charge is 0.467 e. The monoisotopic (exact) mass is 522 g/mol. The quantitative estimate of drug-likeness (QED) is 0.394. The van der Waals surface area contributed by atoms with Gasteiger partial charge in [-0.2, -0.15) is 0 Å². The average Bonchev–Trinajstić information content (AvgIpc) is 2.51. The number of benzene rings is 1. The molecular weight excluding hydrogens is 481 g/mol. The summed E-state index contributed by atoms with van der Waals surface area (Å²) in [4.78, 5) is 0. The molecule has 0 aromatic heterocycles. The van der Waals surface area contributed by atoms with Crippen LogP contribution in [0.2, 0.25) is 72.0 Å². The Labute approximate surface area is 188 Å². The molecule has 0 aliphatic heterocycles. The van der Waals surface area contributed by atoms with Crippen molar-refractivity contribution in [3.05, 3.63) is 30.3 Å². The van der Waals surface area contributed by atoms with E-state index in [4.69, 9.17) is 20.6 Å². The Balaban J connectivity index is 3.30. The maximum atomic E-state index is 7.08. The third-order valence-corrected chi connectivity index (χ3v) is 31.7. The fourth-order valence-corrected chi connectivity index (χ4v) is 39.3. The van der Waals surface area contributed by atoms with Gasteiger partial charge in [-0.1, -0.05) is 43.4 Å². The molecule has 0 N–H and O–H groups in total. The van der Waals surface area contributed by atoms with Gasteiger partial charge in [0.2, 0.25) is 0 Å². The van der Waals surface area contributed by atoms with E-state index in [9.17, 15) is 0 Å². The van der Waals surface area contributed by atoms with E-state index in [-0.39, 0.29) is 0 Å². The van der Waals surface area contributed by atoms with Crippen LogP contribution in [0.4, 0.5) is 0 Å². The third-order valence-electron chi connectivity index (χ3n) is 4.08. The van der Waals surface area contributed by atoms with Crippen molar-refractivity contribution < 1.29 is 20.6 Å². The second-order valence-corrected chi connectivity index (χ2v) is 34.4. The van der Waals surface area contributed by atoms with Crippen molar-refractivity contribution in [1.29, 1.82) is 0 Å². The molecule has 0 fully saturated rings. The summed E-state index contributed by atoms with van der Waals surface area (Å²) in [5.41, 5.74) is 0. The van der Waals surface area contributed by atoms with Crippen molar-refractivity contribution in [1.82, 2.24) is 0 Å². The molecule has 0 saturated carbocycles. The highest BCUT2D eigenvalue weighted by Gasteiger charge is 2.52. The van der Waals surface area contributed by atoms with E-state index >= 15 is 0 Å². The molecule has 168 valence electrons. The SMILES string of the molecule is C[SiH](C)O[Si](C)(O[SiH](C)C)O[Si](C)(C)O[Si](O[SiH](C)C)(c1ccccc1)[SiH](C)C. The fourth-order valence-electron chi connectivity index (χ4n) is 3.52. The van der Waals surface area contributed by atoms with Crippen molar-refractivity contribution in [3.63, 3.8) is 0 Å². The molecule has 0 aliphatic carbocycles. The van der Waals surface area contributed by atoms with Crippen molar-refractivity contribution in [2.45, 2.75) is 72.0 Å². The molecular formula is C17H42O5Si7. The van der Waals surface area contributed by atoms with Gasteiger partial charge in [-0.15, -0.1) is 0 Å². The molecule has 1 unspecified atom stereocenters. The first-order valence-corrected chi connectivity index (χ1v) is 30.0. The Morgan fingerprint density at radius 3 is 1.45 bits per heavy atom. The Morgan fingerprint density at radius 2 is 1.07 bits per heavy atom. The van der Waals surface area contributed by atoms with Crippen LogP contribution < -0.4 is 5.19 Å². The van der Waals surface area contributed by atoms with Crippen LogP contribution in [0.25, 0.3) is 0 Å². The Morgan fingerprint density at radius 1 is 0.621 bits per heavy atom. The zero-order chi connectivity index (χ0) is 22.5. The molecule has 5 nitrogen and oxygen atoms in total. The minimum Gasteiger partial charge on any atom is -0.439 e. The van der Waals surface area contributed by atoms with E-state index in [2.05, 4.69) is 102 Å². The zero-order valence-corrected chi connectivity index (χ0v) is 27.9. The van der Waals surface area contributed by atoms with Crippen LogP contribution in [0.1, 0.15) is 0 Å². The first kappa shape index (κ1) is 27.6. The Hall–Kier alpha value is 0.538. The average molecular weight is 523 g/mol. The van der Waals surface area contributed by atoms with E-state index in [1.54, 1.807) is 0 Å². The molecule has 0 aliphatic rings. The summed E-state index contributed by atoms with van der Waals surface area (Å²) in [7, 11) is -13.1. The van der Waals surface area contributed by atoms with Gasteiger partial charge in [0.25, 0.3) is 0 Å². The molecule has 1 rings (SSSR count). The summed E-state index contributed by atoms with van der Waals surface area (Å²) < 4.78 is 33.4. The lowest BCUT2D eigenvalue weighted by atomic mass is 10.4. The Kier molecular flexibility index (Phi) is 10.9.